The quantitative estimate of drug-likeness (QED) is 0.231. The van der Waals surface area contributed by atoms with Gasteiger partial charge in [0, 0.05) is 5.69 Å². The Morgan fingerprint density at radius 2 is 1.60 bits per heavy atom. The molecule has 0 unspecified atom stereocenters. The van der Waals surface area contributed by atoms with Gasteiger partial charge in [0.05, 0.1) is 17.0 Å². The highest BCUT2D eigenvalue weighted by molar-refractivity contribution is 7.93. The number of nitrogens with zero attached hydrogens (tertiary/aromatic N) is 2. The minimum Gasteiger partial charge on any atom is -0.476 e. The highest BCUT2D eigenvalue weighted by atomic mass is 32.2. The number of aromatic carboxylic acids is 1. The molecule has 0 aliphatic heterocycles. The van der Waals surface area contributed by atoms with Gasteiger partial charge in [0.1, 0.15) is 16.2 Å². The molecule has 0 aliphatic carbocycles. The number of hydrogen-bond acceptors (Lipinski definition) is 10. The molecule has 218 valence electrons. The number of aromatic nitrogens is 1. The Hall–Kier alpha value is -4.25. The Bertz CT molecular complexity index is 1390. The number of ether oxygens (including phenoxy) is 2. The number of carbonyl (C=O) groups excluding carboxylic acids is 3. The van der Waals surface area contributed by atoms with Crippen molar-refractivity contribution in [3.05, 3.63) is 35.5 Å². The van der Waals surface area contributed by atoms with Gasteiger partial charge in [-0.15, -0.1) is 16.3 Å². The van der Waals surface area contributed by atoms with E-state index < -0.39 is 63.5 Å². The van der Waals surface area contributed by atoms with Crippen LogP contribution in [-0.4, -0.2) is 66.3 Å². The lowest BCUT2D eigenvalue weighted by Crippen LogP contribution is -2.46. The molecule has 40 heavy (non-hydrogen) atoms. The first kappa shape index (κ1) is 32.0. The molecule has 1 aromatic carbocycles. The van der Waals surface area contributed by atoms with E-state index in [9.17, 15) is 27.6 Å². The zero-order valence-corrected chi connectivity index (χ0v) is 24.2. The van der Waals surface area contributed by atoms with Crippen LogP contribution in [0.4, 0.5) is 20.3 Å². The van der Waals surface area contributed by atoms with Gasteiger partial charge in [-0.25, -0.2) is 27.8 Å². The van der Waals surface area contributed by atoms with Crippen molar-refractivity contribution < 1.29 is 42.2 Å². The number of benzene rings is 1. The standard InChI is InChI=1S/C23H30N6O9S2/c1-22(2,3)37-20(33)27-19(28-21(34)38-23(4,5)6)24-11-15(30)26-13-7-9-14(10-8-13)40(35,36)29-17-16(18(31)32)25-12-39-17/h7-10,12,29H,11H2,1-6H3,(H,26,30)(H,31,32)(H2,24,27,28,33,34). The summed E-state index contributed by atoms with van der Waals surface area (Å²) in [6.45, 7) is 9.33. The van der Waals surface area contributed by atoms with Crippen LogP contribution in [0.15, 0.2) is 39.7 Å². The summed E-state index contributed by atoms with van der Waals surface area (Å²) in [5.74, 6) is -2.41. The first-order valence-corrected chi connectivity index (χ1v) is 13.9. The van der Waals surface area contributed by atoms with Gasteiger partial charge in [-0.1, -0.05) is 0 Å². The predicted molar refractivity (Wildman–Crippen MR) is 146 cm³/mol. The highest BCUT2D eigenvalue weighted by Gasteiger charge is 2.22. The summed E-state index contributed by atoms with van der Waals surface area (Å²) in [6, 6.07) is 5.02. The number of alkyl carbamates (subject to hydrolysis) is 1. The Balaban J connectivity index is 2.06. The molecule has 0 saturated heterocycles. The maximum atomic E-state index is 12.6. The number of aliphatic imine (C=N–C) groups is 1. The van der Waals surface area contributed by atoms with Gasteiger partial charge >= 0.3 is 18.2 Å². The fourth-order valence-corrected chi connectivity index (χ4v) is 4.62. The fraction of sp³-hybridized carbons (Fsp3) is 0.391. The second-order valence-electron chi connectivity index (χ2n) is 9.93. The summed E-state index contributed by atoms with van der Waals surface area (Å²) in [5, 5.41) is 16.2. The van der Waals surface area contributed by atoms with Crippen molar-refractivity contribution >= 4 is 62.1 Å². The van der Waals surface area contributed by atoms with Gasteiger partial charge in [0.15, 0.2) is 5.69 Å². The summed E-state index contributed by atoms with van der Waals surface area (Å²) < 4.78 is 37.6. The third kappa shape index (κ3) is 10.9. The van der Waals surface area contributed by atoms with Gasteiger partial charge in [-0.2, -0.15) is 0 Å². The van der Waals surface area contributed by atoms with Gasteiger partial charge in [-0.05, 0) is 65.8 Å². The molecule has 3 amide bonds. The molecule has 15 nitrogen and oxygen atoms in total. The van der Waals surface area contributed by atoms with Crippen LogP contribution in [0.1, 0.15) is 52.0 Å². The van der Waals surface area contributed by atoms with Crippen LogP contribution in [-0.2, 0) is 24.3 Å². The van der Waals surface area contributed by atoms with Crippen LogP contribution in [0.3, 0.4) is 0 Å². The van der Waals surface area contributed by atoms with Gasteiger partial charge in [0.2, 0.25) is 11.9 Å². The lowest BCUT2D eigenvalue weighted by atomic mass is 10.2. The first-order chi connectivity index (χ1) is 18.3. The van der Waals surface area contributed by atoms with Crippen molar-refractivity contribution in [2.24, 2.45) is 4.99 Å². The van der Waals surface area contributed by atoms with Crippen molar-refractivity contribution in [2.45, 2.75) is 57.6 Å². The smallest absolute Gasteiger partial charge is 0.437 e. The summed E-state index contributed by atoms with van der Waals surface area (Å²) in [7, 11) is -4.13. The van der Waals surface area contributed by atoms with Crippen molar-refractivity contribution in [2.75, 3.05) is 16.6 Å². The largest absolute Gasteiger partial charge is 0.476 e. The van der Waals surface area contributed by atoms with Crippen LogP contribution in [0, 0.1) is 0 Å². The van der Waals surface area contributed by atoms with Crippen LogP contribution in [0.5, 0.6) is 0 Å². The van der Waals surface area contributed by atoms with Crippen LogP contribution >= 0.6 is 11.3 Å². The molecule has 17 heteroatoms. The summed E-state index contributed by atoms with van der Waals surface area (Å²) >= 11 is 0.812. The monoisotopic (exact) mass is 598 g/mol. The topological polar surface area (TPSA) is 214 Å². The minimum absolute atomic E-state index is 0.153. The molecule has 0 aliphatic rings. The Morgan fingerprint density at radius 3 is 2.15 bits per heavy atom. The highest BCUT2D eigenvalue weighted by Crippen LogP contribution is 2.24. The summed E-state index contributed by atoms with van der Waals surface area (Å²) in [6.07, 6.45) is -1.95. The van der Waals surface area contributed by atoms with E-state index in [0.717, 1.165) is 11.3 Å². The number of hydrogen-bond donors (Lipinski definition) is 5. The zero-order valence-electron chi connectivity index (χ0n) is 22.5. The van der Waals surface area contributed by atoms with Gasteiger partial charge < -0.3 is 25.2 Å². The molecule has 0 radical (unpaired) electrons. The second kappa shape index (κ2) is 12.7. The molecule has 0 spiro atoms. The van der Waals surface area contributed by atoms with E-state index in [-0.39, 0.29) is 15.6 Å². The van der Waals surface area contributed by atoms with E-state index in [1.807, 2.05) is 0 Å². The predicted octanol–water partition coefficient (Wildman–Crippen LogP) is 2.99. The van der Waals surface area contributed by atoms with E-state index in [1.165, 1.54) is 29.8 Å². The Labute approximate surface area is 234 Å². The molecule has 2 aromatic rings. The average Bonchev–Trinajstić information content (AvgIpc) is 3.23. The summed E-state index contributed by atoms with van der Waals surface area (Å²) in [5.41, 5.74) is -0.710. The Morgan fingerprint density at radius 1 is 1.00 bits per heavy atom. The number of carboxylic acid groups (broad SMARTS) is 1. The van der Waals surface area contributed by atoms with E-state index in [0.29, 0.717) is 0 Å². The van der Waals surface area contributed by atoms with E-state index in [4.69, 9.17) is 14.6 Å². The number of anilines is 2. The normalized spacial score (nSPS) is 12.2. The van der Waals surface area contributed by atoms with Crippen molar-refractivity contribution in [3.8, 4) is 0 Å². The van der Waals surface area contributed by atoms with Crippen molar-refractivity contribution in [3.63, 3.8) is 0 Å². The lowest BCUT2D eigenvalue weighted by Gasteiger charge is -2.21. The SMILES string of the molecule is CC(C)(C)OC(=O)/N=C(\NCC(=O)Nc1ccc(S(=O)(=O)Nc2scnc2C(=O)O)cc1)NC(=O)OC(C)(C)C. The number of sulfonamides is 1. The number of thiazole rings is 1. The maximum absolute atomic E-state index is 12.6. The molecule has 0 fully saturated rings. The fourth-order valence-electron chi connectivity index (χ4n) is 2.63. The third-order valence-electron chi connectivity index (χ3n) is 4.08. The Kier molecular flexibility index (Phi) is 10.2. The minimum atomic E-state index is -4.13. The van der Waals surface area contributed by atoms with E-state index >= 15 is 0 Å². The number of nitrogens with one attached hydrogen (secondary N) is 4. The maximum Gasteiger partial charge on any atom is 0.437 e. The van der Waals surface area contributed by atoms with Gasteiger partial charge in [-0.3, -0.25) is 14.8 Å². The molecule has 1 heterocycles. The van der Waals surface area contributed by atoms with Crippen LogP contribution in [0.25, 0.3) is 0 Å². The molecule has 0 bridgehead atoms. The molecule has 1 aromatic heterocycles. The number of rotatable bonds is 7. The first-order valence-electron chi connectivity index (χ1n) is 11.5. The third-order valence-corrected chi connectivity index (χ3v) is 6.31. The molecule has 2 rings (SSSR count). The van der Waals surface area contributed by atoms with Crippen LogP contribution < -0.4 is 20.7 Å². The number of carboxylic acids is 1. The number of amides is 3. The van der Waals surface area contributed by atoms with Crippen molar-refractivity contribution in [1.82, 2.24) is 15.6 Å². The zero-order chi connectivity index (χ0) is 30.3. The van der Waals surface area contributed by atoms with Gasteiger partial charge in [0.25, 0.3) is 10.0 Å². The number of carbonyl (C=O) groups is 4. The number of guanidine groups is 1. The van der Waals surface area contributed by atoms with E-state index in [2.05, 4.69) is 30.6 Å². The lowest BCUT2D eigenvalue weighted by molar-refractivity contribution is -0.115. The van der Waals surface area contributed by atoms with Crippen molar-refractivity contribution in [1.29, 1.82) is 0 Å². The van der Waals surface area contributed by atoms with Crippen LogP contribution in [0.2, 0.25) is 0 Å². The van der Waals surface area contributed by atoms with E-state index in [1.54, 1.807) is 41.5 Å². The molecular formula is C23H30N6O9S2. The molecule has 5 N–H and O–H groups in total. The molecule has 0 saturated carbocycles. The second-order valence-corrected chi connectivity index (χ2v) is 12.5. The summed E-state index contributed by atoms with van der Waals surface area (Å²) in [4.78, 5) is 54.9. The average molecular weight is 599 g/mol. The molecule has 0 atom stereocenters. The molecular weight excluding hydrogens is 568 g/mol.